The maximum Gasteiger partial charge on any atom is 0.254 e. The fourth-order valence-corrected chi connectivity index (χ4v) is 2.30. The second-order valence-electron chi connectivity index (χ2n) is 4.75. The third kappa shape index (κ3) is 2.82. The van der Waals surface area contributed by atoms with E-state index in [9.17, 15) is 4.79 Å². The molecule has 0 atom stereocenters. The molecular formula is C15H14ClNO2. The van der Waals surface area contributed by atoms with Crippen LogP contribution in [0, 0.1) is 0 Å². The van der Waals surface area contributed by atoms with Crippen molar-refractivity contribution in [3.05, 3.63) is 59.0 Å². The van der Waals surface area contributed by atoms with E-state index in [1.165, 1.54) is 0 Å². The van der Waals surface area contributed by atoms with Crippen LogP contribution < -0.4 is 0 Å². The molecule has 19 heavy (non-hydrogen) atoms. The van der Waals surface area contributed by atoms with E-state index in [1.807, 2.05) is 17.0 Å². The van der Waals surface area contributed by atoms with Gasteiger partial charge in [0.05, 0.1) is 12.8 Å². The van der Waals surface area contributed by atoms with E-state index in [2.05, 4.69) is 0 Å². The summed E-state index contributed by atoms with van der Waals surface area (Å²) in [5.74, 6) is 0.823. The lowest BCUT2D eigenvalue weighted by Gasteiger charge is -2.21. The average molecular weight is 276 g/mol. The van der Waals surface area contributed by atoms with Gasteiger partial charge in [-0.15, -0.1) is 0 Å². The lowest BCUT2D eigenvalue weighted by molar-refractivity contribution is 0.0717. The molecule has 1 amide bonds. The van der Waals surface area contributed by atoms with Crippen LogP contribution in [0.3, 0.4) is 0 Å². The van der Waals surface area contributed by atoms with Crippen molar-refractivity contribution < 1.29 is 9.21 Å². The molecule has 1 saturated carbocycles. The van der Waals surface area contributed by atoms with E-state index in [1.54, 1.807) is 30.5 Å². The molecule has 2 aromatic rings. The molecule has 1 fully saturated rings. The summed E-state index contributed by atoms with van der Waals surface area (Å²) in [5.41, 5.74) is 0.631. The summed E-state index contributed by atoms with van der Waals surface area (Å²) in [6.07, 6.45) is 3.75. The van der Waals surface area contributed by atoms with Gasteiger partial charge in [-0.05, 0) is 43.2 Å². The van der Waals surface area contributed by atoms with Crippen molar-refractivity contribution in [3.63, 3.8) is 0 Å². The van der Waals surface area contributed by atoms with Crippen molar-refractivity contribution in [1.82, 2.24) is 4.90 Å². The van der Waals surface area contributed by atoms with Gasteiger partial charge in [0.1, 0.15) is 5.76 Å². The Kier molecular flexibility index (Phi) is 3.30. The Morgan fingerprint density at radius 2 is 2.16 bits per heavy atom. The van der Waals surface area contributed by atoms with Crippen molar-refractivity contribution in [2.45, 2.75) is 25.4 Å². The summed E-state index contributed by atoms with van der Waals surface area (Å²) in [5, 5.41) is 0.583. The molecule has 0 bridgehead atoms. The van der Waals surface area contributed by atoms with Gasteiger partial charge in [0.15, 0.2) is 0 Å². The standard InChI is InChI=1S/C15H14ClNO2/c16-12-4-1-3-11(9-12)15(18)17(13-6-7-13)10-14-5-2-8-19-14/h1-5,8-9,13H,6-7,10H2. The van der Waals surface area contributed by atoms with Crippen LogP contribution in [-0.4, -0.2) is 16.8 Å². The number of carbonyl (C=O) groups excluding carboxylic acids is 1. The van der Waals surface area contributed by atoms with Gasteiger partial charge >= 0.3 is 0 Å². The molecule has 1 aromatic carbocycles. The average Bonchev–Trinajstić information content (AvgIpc) is 3.12. The van der Waals surface area contributed by atoms with Crippen LogP contribution in [0.2, 0.25) is 5.02 Å². The predicted octanol–water partition coefficient (Wildman–Crippen LogP) is 3.74. The lowest BCUT2D eigenvalue weighted by Crippen LogP contribution is -2.32. The molecule has 0 radical (unpaired) electrons. The summed E-state index contributed by atoms with van der Waals surface area (Å²) in [4.78, 5) is 14.4. The molecule has 0 saturated heterocycles. The lowest BCUT2D eigenvalue weighted by atomic mass is 10.2. The molecule has 1 aromatic heterocycles. The minimum absolute atomic E-state index is 0.0152. The third-order valence-corrected chi connectivity index (χ3v) is 3.46. The number of nitrogens with zero attached hydrogens (tertiary/aromatic N) is 1. The molecule has 4 heteroatoms. The molecule has 0 spiro atoms. The summed E-state index contributed by atoms with van der Waals surface area (Å²) >= 11 is 5.94. The zero-order valence-corrected chi connectivity index (χ0v) is 11.1. The van der Waals surface area contributed by atoms with Crippen LogP contribution in [0.1, 0.15) is 29.0 Å². The number of hydrogen-bond acceptors (Lipinski definition) is 2. The van der Waals surface area contributed by atoms with Gasteiger partial charge < -0.3 is 9.32 Å². The Labute approximate surface area is 116 Å². The van der Waals surface area contributed by atoms with Gasteiger partial charge in [-0.25, -0.2) is 0 Å². The summed E-state index contributed by atoms with van der Waals surface area (Å²) < 4.78 is 5.33. The number of carbonyl (C=O) groups is 1. The molecule has 98 valence electrons. The number of amides is 1. The number of rotatable bonds is 4. The predicted molar refractivity (Wildman–Crippen MR) is 73.1 cm³/mol. The highest BCUT2D eigenvalue weighted by atomic mass is 35.5. The number of furan rings is 1. The molecule has 1 heterocycles. The van der Waals surface area contributed by atoms with E-state index >= 15 is 0 Å². The van der Waals surface area contributed by atoms with E-state index in [0.29, 0.717) is 23.2 Å². The van der Waals surface area contributed by atoms with Gasteiger partial charge in [-0.2, -0.15) is 0 Å². The summed E-state index contributed by atoms with van der Waals surface area (Å²) in [6.45, 7) is 0.517. The van der Waals surface area contributed by atoms with Crippen LogP contribution in [0.4, 0.5) is 0 Å². The van der Waals surface area contributed by atoms with Crippen LogP contribution in [0.25, 0.3) is 0 Å². The molecule has 0 N–H and O–H groups in total. The van der Waals surface area contributed by atoms with Gasteiger partial charge in [0, 0.05) is 16.6 Å². The Morgan fingerprint density at radius 1 is 1.32 bits per heavy atom. The van der Waals surface area contributed by atoms with E-state index in [-0.39, 0.29) is 5.91 Å². The van der Waals surface area contributed by atoms with Crippen LogP contribution in [0.5, 0.6) is 0 Å². The highest BCUT2D eigenvalue weighted by Gasteiger charge is 2.33. The van der Waals surface area contributed by atoms with Crippen molar-refractivity contribution in [1.29, 1.82) is 0 Å². The Morgan fingerprint density at radius 3 is 2.79 bits per heavy atom. The van der Waals surface area contributed by atoms with Crippen LogP contribution >= 0.6 is 11.6 Å². The minimum Gasteiger partial charge on any atom is -0.467 e. The SMILES string of the molecule is O=C(c1cccc(Cl)c1)N(Cc1ccco1)C1CC1. The van der Waals surface area contributed by atoms with Gasteiger partial charge in [-0.1, -0.05) is 17.7 Å². The molecule has 1 aliphatic carbocycles. The zero-order chi connectivity index (χ0) is 13.2. The van der Waals surface area contributed by atoms with E-state index in [0.717, 1.165) is 18.6 Å². The maximum absolute atomic E-state index is 12.5. The molecule has 0 aliphatic heterocycles. The minimum atomic E-state index is 0.0152. The van der Waals surface area contributed by atoms with E-state index in [4.69, 9.17) is 16.0 Å². The first-order valence-corrected chi connectivity index (χ1v) is 6.71. The highest BCUT2D eigenvalue weighted by Crippen LogP contribution is 2.30. The fourth-order valence-electron chi connectivity index (χ4n) is 2.11. The highest BCUT2D eigenvalue weighted by molar-refractivity contribution is 6.30. The number of halogens is 1. The van der Waals surface area contributed by atoms with Crippen molar-refractivity contribution in [2.75, 3.05) is 0 Å². The topological polar surface area (TPSA) is 33.5 Å². The fraction of sp³-hybridized carbons (Fsp3) is 0.267. The molecule has 3 nitrogen and oxygen atoms in total. The van der Waals surface area contributed by atoms with Crippen LogP contribution in [-0.2, 0) is 6.54 Å². The Hall–Kier alpha value is -1.74. The monoisotopic (exact) mass is 275 g/mol. The van der Waals surface area contributed by atoms with Crippen molar-refractivity contribution in [2.24, 2.45) is 0 Å². The Bertz CT molecular complexity index is 576. The first-order chi connectivity index (χ1) is 9.24. The van der Waals surface area contributed by atoms with Crippen molar-refractivity contribution >= 4 is 17.5 Å². The van der Waals surface area contributed by atoms with Crippen LogP contribution in [0.15, 0.2) is 47.1 Å². The first-order valence-electron chi connectivity index (χ1n) is 6.33. The quantitative estimate of drug-likeness (QED) is 0.852. The smallest absolute Gasteiger partial charge is 0.254 e. The molecular weight excluding hydrogens is 262 g/mol. The Balaban J connectivity index is 1.82. The second kappa shape index (κ2) is 5.10. The zero-order valence-electron chi connectivity index (χ0n) is 10.4. The number of benzene rings is 1. The van der Waals surface area contributed by atoms with E-state index < -0.39 is 0 Å². The molecule has 0 unspecified atom stereocenters. The molecule has 3 rings (SSSR count). The van der Waals surface area contributed by atoms with Gasteiger partial charge in [0.2, 0.25) is 0 Å². The first kappa shape index (κ1) is 12.3. The van der Waals surface area contributed by atoms with Gasteiger partial charge in [-0.3, -0.25) is 4.79 Å². The van der Waals surface area contributed by atoms with Gasteiger partial charge in [0.25, 0.3) is 5.91 Å². The second-order valence-corrected chi connectivity index (χ2v) is 5.19. The summed E-state index contributed by atoms with van der Waals surface area (Å²) in [7, 11) is 0. The summed E-state index contributed by atoms with van der Waals surface area (Å²) in [6, 6.07) is 11.1. The third-order valence-electron chi connectivity index (χ3n) is 3.23. The maximum atomic E-state index is 12.5. The molecule has 1 aliphatic rings. The number of hydrogen-bond donors (Lipinski definition) is 0. The largest absolute Gasteiger partial charge is 0.467 e. The van der Waals surface area contributed by atoms with Crippen molar-refractivity contribution in [3.8, 4) is 0 Å². The normalized spacial score (nSPS) is 14.4.